The Balaban J connectivity index is 1.69. The van der Waals surface area contributed by atoms with Crippen LogP contribution in [0.3, 0.4) is 0 Å². The van der Waals surface area contributed by atoms with Crippen LogP contribution in [-0.2, 0) is 16.1 Å². The number of amides is 2. The van der Waals surface area contributed by atoms with Gasteiger partial charge in [0.15, 0.2) is 0 Å². The molecule has 3 rings (SSSR count). The zero-order chi connectivity index (χ0) is 19.4. The molecule has 0 radical (unpaired) electrons. The highest BCUT2D eigenvalue weighted by atomic mass is 32.1. The fraction of sp³-hybridized carbons (Fsp3) is 0.333. The van der Waals surface area contributed by atoms with Gasteiger partial charge < -0.3 is 10.6 Å². The molecule has 0 aliphatic carbocycles. The van der Waals surface area contributed by atoms with E-state index in [0.717, 1.165) is 10.4 Å². The molecule has 7 nitrogen and oxygen atoms in total. The van der Waals surface area contributed by atoms with Gasteiger partial charge in [0, 0.05) is 34.8 Å². The predicted octanol–water partition coefficient (Wildman–Crippen LogP) is 2.22. The third kappa shape index (κ3) is 4.61. The van der Waals surface area contributed by atoms with Gasteiger partial charge in [-0.1, -0.05) is 6.07 Å². The second-order valence-electron chi connectivity index (χ2n) is 6.31. The molecule has 3 heterocycles. The Hall–Kier alpha value is -2.52. The number of carbonyl (C=O) groups is 2. The van der Waals surface area contributed by atoms with Crippen molar-refractivity contribution in [3.8, 4) is 10.4 Å². The SMILES string of the molecule is CC(C)NC(=O)CCNC(=O)Cn1cnc2scc(-c3cccs3)c2c1=O. The highest BCUT2D eigenvalue weighted by Crippen LogP contribution is 2.33. The van der Waals surface area contributed by atoms with Gasteiger partial charge in [0.05, 0.1) is 11.7 Å². The van der Waals surface area contributed by atoms with Gasteiger partial charge in [-0.05, 0) is 25.3 Å². The fourth-order valence-electron chi connectivity index (χ4n) is 2.61. The maximum atomic E-state index is 12.8. The van der Waals surface area contributed by atoms with Crippen molar-refractivity contribution in [2.24, 2.45) is 0 Å². The summed E-state index contributed by atoms with van der Waals surface area (Å²) < 4.78 is 1.30. The average molecular weight is 405 g/mol. The molecule has 0 aliphatic heterocycles. The van der Waals surface area contributed by atoms with Gasteiger partial charge in [0.25, 0.3) is 5.56 Å². The Morgan fingerprint density at radius 1 is 1.26 bits per heavy atom. The first-order valence-electron chi connectivity index (χ1n) is 8.52. The average Bonchev–Trinajstić information content (AvgIpc) is 3.25. The van der Waals surface area contributed by atoms with Crippen LogP contribution in [0.15, 0.2) is 34.0 Å². The molecule has 0 fully saturated rings. The van der Waals surface area contributed by atoms with Gasteiger partial charge in [-0.3, -0.25) is 19.0 Å². The van der Waals surface area contributed by atoms with E-state index in [4.69, 9.17) is 0 Å². The van der Waals surface area contributed by atoms with E-state index in [1.807, 2.05) is 36.7 Å². The summed E-state index contributed by atoms with van der Waals surface area (Å²) in [5, 5.41) is 9.83. The van der Waals surface area contributed by atoms with Crippen LogP contribution in [0.5, 0.6) is 0 Å². The summed E-state index contributed by atoms with van der Waals surface area (Å²) in [7, 11) is 0. The maximum absolute atomic E-state index is 12.8. The summed E-state index contributed by atoms with van der Waals surface area (Å²) >= 11 is 2.97. The largest absolute Gasteiger partial charge is 0.354 e. The standard InChI is InChI=1S/C18H20N4O3S2/c1-11(2)21-14(23)5-6-19-15(24)8-22-10-20-17-16(18(22)25)12(9-27-17)13-4-3-7-26-13/h3-4,7,9-11H,5-6,8H2,1-2H3,(H,19,24)(H,21,23). The summed E-state index contributed by atoms with van der Waals surface area (Å²) in [6.07, 6.45) is 1.59. The Morgan fingerprint density at radius 2 is 2.07 bits per heavy atom. The summed E-state index contributed by atoms with van der Waals surface area (Å²) in [6.45, 7) is 3.84. The number of fused-ring (bicyclic) bond motifs is 1. The molecule has 0 atom stereocenters. The van der Waals surface area contributed by atoms with Crippen LogP contribution in [0, 0.1) is 0 Å². The number of hydrogen-bond acceptors (Lipinski definition) is 6. The molecule has 9 heteroatoms. The molecule has 0 aromatic carbocycles. The van der Waals surface area contributed by atoms with Crippen molar-refractivity contribution in [3.05, 3.63) is 39.6 Å². The second kappa shape index (κ2) is 8.45. The molecule has 0 bridgehead atoms. The lowest BCUT2D eigenvalue weighted by atomic mass is 10.2. The Morgan fingerprint density at radius 3 is 2.78 bits per heavy atom. The number of nitrogens with one attached hydrogen (secondary N) is 2. The number of thiophene rings is 2. The highest BCUT2D eigenvalue weighted by Gasteiger charge is 2.15. The van der Waals surface area contributed by atoms with Crippen molar-refractivity contribution in [3.63, 3.8) is 0 Å². The Bertz CT molecular complexity index is 1010. The molecule has 3 aromatic heterocycles. The number of carbonyl (C=O) groups excluding carboxylic acids is 2. The van der Waals surface area contributed by atoms with Crippen LogP contribution in [0.1, 0.15) is 20.3 Å². The molecule has 0 saturated heterocycles. The minimum absolute atomic E-state index is 0.0627. The lowest BCUT2D eigenvalue weighted by Crippen LogP contribution is -2.36. The zero-order valence-corrected chi connectivity index (χ0v) is 16.7. The Labute approximate surface area is 164 Å². The molecule has 142 valence electrons. The molecule has 3 aromatic rings. The first-order chi connectivity index (χ1) is 13.0. The van der Waals surface area contributed by atoms with Gasteiger partial charge in [-0.15, -0.1) is 22.7 Å². The van der Waals surface area contributed by atoms with E-state index in [0.29, 0.717) is 10.2 Å². The molecule has 0 spiro atoms. The summed E-state index contributed by atoms with van der Waals surface area (Å²) in [5.41, 5.74) is 0.611. The molecule has 0 aliphatic rings. The first-order valence-corrected chi connectivity index (χ1v) is 10.3. The highest BCUT2D eigenvalue weighted by molar-refractivity contribution is 7.18. The van der Waals surface area contributed by atoms with E-state index >= 15 is 0 Å². The smallest absolute Gasteiger partial charge is 0.263 e. The fourth-order valence-corrected chi connectivity index (χ4v) is 4.33. The second-order valence-corrected chi connectivity index (χ2v) is 8.11. The normalized spacial score (nSPS) is 11.1. The molecule has 0 unspecified atom stereocenters. The minimum atomic E-state index is -0.330. The zero-order valence-electron chi connectivity index (χ0n) is 15.0. The maximum Gasteiger partial charge on any atom is 0.263 e. The van der Waals surface area contributed by atoms with E-state index in [1.54, 1.807) is 11.3 Å². The quantitative estimate of drug-likeness (QED) is 0.631. The molecule has 27 heavy (non-hydrogen) atoms. The van der Waals surface area contributed by atoms with E-state index in [-0.39, 0.29) is 42.9 Å². The lowest BCUT2D eigenvalue weighted by molar-refractivity contribution is -0.122. The van der Waals surface area contributed by atoms with Crippen molar-refractivity contribution in [1.29, 1.82) is 0 Å². The summed E-state index contributed by atoms with van der Waals surface area (Å²) in [5.74, 6) is -0.451. The number of nitrogens with zero attached hydrogens (tertiary/aromatic N) is 2. The molecule has 2 amide bonds. The van der Waals surface area contributed by atoms with Crippen LogP contribution in [0.4, 0.5) is 0 Å². The van der Waals surface area contributed by atoms with Gasteiger partial charge in [0.2, 0.25) is 11.8 Å². The van der Waals surface area contributed by atoms with Gasteiger partial charge in [-0.2, -0.15) is 0 Å². The van der Waals surface area contributed by atoms with Crippen LogP contribution in [0.25, 0.3) is 20.7 Å². The van der Waals surface area contributed by atoms with Crippen molar-refractivity contribution in [1.82, 2.24) is 20.2 Å². The number of rotatable bonds is 7. The Kier molecular flexibility index (Phi) is 6.02. The van der Waals surface area contributed by atoms with Crippen molar-refractivity contribution < 1.29 is 9.59 Å². The minimum Gasteiger partial charge on any atom is -0.354 e. The van der Waals surface area contributed by atoms with Crippen molar-refractivity contribution in [2.45, 2.75) is 32.9 Å². The predicted molar refractivity (Wildman–Crippen MR) is 108 cm³/mol. The number of aromatic nitrogens is 2. The van der Waals surface area contributed by atoms with Crippen molar-refractivity contribution in [2.75, 3.05) is 6.54 Å². The summed E-state index contributed by atoms with van der Waals surface area (Å²) in [4.78, 5) is 42.5. The first kappa shape index (κ1) is 19.2. The van der Waals surface area contributed by atoms with E-state index < -0.39 is 0 Å². The van der Waals surface area contributed by atoms with Crippen molar-refractivity contribution >= 4 is 44.7 Å². The third-order valence-corrected chi connectivity index (χ3v) is 5.57. The molecule has 0 saturated carbocycles. The lowest BCUT2D eigenvalue weighted by Gasteiger charge is -2.09. The van der Waals surface area contributed by atoms with Crippen LogP contribution < -0.4 is 16.2 Å². The van der Waals surface area contributed by atoms with E-state index in [9.17, 15) is 14.4 Å². The third-order valence-electron chi connectivity index (χ3n) is 3.79. The van der Waals surface area contributed by atoms with E-state index in [1.165, 1.54) is 22.2 Å². The van der Waals surface area contributed by atoms with Gasteiger partial charge in [-0.25, -0.2) is 4.98 Å². The number of hydrogen-bond donors (Lipinski definition) is 2. The van der Waals surface area contributed by atoms with Crippen LogP contribution in [0.2, 0.25) is 0 Å². The molecular weight excluding hydrogens is 384 g/mol. The summed E-state index contributed by atoms with van der Waals surface area (Å²) in [6, 6.07) is 3.95. The van der Waals surface area contributed by atoms with Crippen LogP contribution in [-0.4, -0.2) is 34.0 Å². The van der Waals surface area contributed by atoms with Gasteiger partial charge >= 0.3 is 0 Å². The monoisotopic (exact) mass is 404 g/mol. The molecular formula is C18H20N4O3S2. The van der Waals surface area contributed by atoms with E-state index in [2.05, 4.69) is 15.6 Å². The topological polar surface area (TPSA) is 93.1 Å². The van der Waals surface area contributed by atoms with Gasteiger partial charge in [0.1, 0.15) is 11.4 Å². The molecule has 2 N–H and O–H groups in total. The van der Waals surface area contributed by atoms with Crippen LogP contribution >= 0.6 is 22.7 Å².